The molecule has 1 aromatic heterocycles. The molecular formula is C19H28N4O. The molecule has 2 N–H and O–H groups in total. The van der Waals surface area contributed by atoms with E-state index in [0.29, 0.717) is 6.04 Å². The Hall–Kier alpha value is -1.98. The molecule has 5 heteroatoms. The first-order chi connectivity index (χ1) is 11.3. The van der Waals surface area contributed by atoms with Crippen molar-refractivity contribution in [1.82, 2.24) is 20.2 Å². The quantitative estimate of drug-likeness (QED) is 0.731. The average molecular weight is 328 g/mol. The molecule has 0 aliphatic carbocycles. The maximum absolute atomic E-state index is 11.1. The van der Waals surface area contributed by atoms with E-state index in [1.54, 1.807) is 13.0 Å². The van der Waals surface area contributed by atoms with Gasteiger partial charge in [0.25, 0.3) is 0 Å². The number of allylic oxidation sites excluding steroid dienone is 1. The average Bonchev–Trinajstić information content (AvgIpc) is 2.91. The SMILES string of the molecule is CC(=O)/C=C/c1ccc2nc([C@@H](CCN(C)C)NC(C)C)[nH]c2c1. The molecule has 0 unspecified atom stereocenters. The third-order valence-corrected chi connectivity index (χ3v) is 3.76. The first kappa shape index (κ1) is 18.4. The zero-order chi connectivity index (χ0) is 17.7. The second kappa shape index (κ2) is 8.22. The highest BCUT2D eigenvalue weighted by molar-refractivity contribution is 5.92. The van der Waals surface area contributed by atoms with Crippen molar-refractivity contribution in [3.8, 4) is 0 Å². The molecule has 2 rings (SSSR count). The van der Waals surface area contributed by atoms with Crippen molar-refractivity contribution in [3.63, 3.8) is 0 Å². The van der Waals surface area contributed by atoms with Gasteiger partial charge in [0.15, 0.2) is 5.78 Å². The molecule has 130 valence electrons. The predicted molar refractivity (Wildman–Crippen MR) is 100.0 cm³/mol. The Morgan fingerprint density at radius 1 is 1.38 bits per heavy atom. The smallest absolute Gasteiger partial charge is 0.152 e. The lowest BCUT2D eigenvalue weighted by Gasteiger charge is -2.21. The highest BCUT2D eigenvalue weighted by Crippen LogP contribution is 2.21. The second-order valence-electron chi connectivity index (χ2n) is 6.81. The van der Waals surface area contributed by atoms with Crippen molar-refractivity contribution < 1.29 is 4.79 Å². The van der Waals surface area contributed by atoms with Crippen LogP contribution in [0.25, 0.3) is 17.1 Å². The van der Waals surface area contributed by atoms with Gasteiger partial charge in [0.2, 0.25) is 0 Å². The molecule has 2 aromatic rings. The number of hydrogen-bond donors (Lipinski definition) is 2. The van der Waals surface area contributed by atoms with Gasteiger partial charge in [0, 0.05) is 6.04 Å². The van der Waals surface area contributed by atoms with E-state index in [-0.39, 0.29) is 11.8 Å². The van der Waals surface area contributed by atoms with Gasteiger partial charge in [-0.3, -0.25) is 4.79 Å². The van der Waals surface area contributed by atoms with E-state index < -0.39 is 0 Å². The first-order valence-corrected chi connectivity index (χ1v) is 8.44. The normalized spacial score (nSPS) is 13.5. The van der Waals surface area contributed by atoms with E-state index >= 15 is 0 Å². The van der Waals surface area contributed by atoms with Gasteiger partial charge in [-0.15, -0.1) is 0 Å². The summed E-state index contributed by atoms with van der Waals surface area (Å²) in [6.07, 6.45) is 4.40. The Bertz CT molecular complexity index is 715. The zero-order valence-electron chi connectivity index (χ0n) is 15.3. The fraction of sp³-hybridized carbons (Fsp3) is 0.474. The number of fused-ring (bicyclic) bond motifs is 1. The van der Waals surface area contributed by atoms with Gasteiger partial charge < -0.3 is 15.2 Å². The molecule has 0 aliphatic heterocycles. The number of imidazole rings is 1. The van der Waals surface area contributed by atoms with Crippen LogP contribution in [0.1, 0.15) is 44.6 Å². The van der Waals surface area contributed by atoms with Crippen molar-refractivity contribution in [2.75, 3.05) is 20.6 Å². The lowest BCUT2D eigenvalue weighted by molar-refractivity contribution is -0.112. The number of rotatable bonds is 8. The van der Waals surface area contributed by atoms with Gasteiger partial charge >= 0.3 is 0 Å². The van der Waals surface area contributed by atoms with E-state index in [4.69, 9.17) is 4.98 Å². The van der Waals surface area contributed by atoms with Crippen LogP contribution in [-0.4, -0.2) is 47.3 Å². The van der Waals surface area contributed by atoms with E-state index in [9.17, 15) is 4.79 Å². The summed E-state index contributed by atoms with van der Waals surface area (Å²) in [7, 11) is 4.16. The highest BCUT2D eigenvalue weighted by atomic mass is 16.1. The zero-order valence-corrected chi connectivity index (χ0v) is 15.3. The van der Waals surface area contributed by atoms with E-state index in [1.807, 2.05) is 24.3 Å². The van der Waals surface area contributed by atoms with Crippen LogP contribution in [0.15, 0.2) is 24.3 Å². The molecule has 1 atom stereocenters. The summed E-state index contributed by atoms with van der Waals surface area (Å²) in [6.45, 7) is 6.84. The molecule has 1 heterocycles. The number of aromatic amines is 1. The summed E-state index contributed by atoms with van der Waals surface area (Å²) >= 11 is 0. The molecule has 0 spiro atoms. The summed E-state index contributed by atoms with van der Waals surface area (Å²) in [5, 5.41) is 3.59. The fourth-order valence-corrected chi connectivity index (χ4v) is 2.62. The Balaban J connectivity index is 2.26. The lowest BCUT2D eigenvalue weighted by Crippen LogP contribution is -2.31. The number of carbonyl (C=O) groups excluding carboxylic acids is 1. The van der Waals surface area contributed by atoms with Crippen molar-refractivity contribution in [2.24, 2.45) is 0 Å². The molecule has 0 saturated heterocycles. The Morgan fingerprint density at radius 2 is 2.12 bits per heavy atom. The topological polar surface area (TPSA) is 61.0 Å². The Kier molecular flexibility index (Phi) is 6.29. The number of ketones is 1. The number of hydrogen-bond acceptors (Lipinski definition) is 4. The molecule has 0 radical (unpaired) electrons. The molecule has 0 aliphatic rings. The van der Waals surface area contributed by atoms with Crippen LogP contribution in [0.5, 0.6) is 0 Å². The predicted octanol–water partition coefficient (Wildman–Crippen LogP) is 3.16. The molecule has 1 aromatic carbocycles. The van der Waals surface area contributed by atoms with Gasteiger partial charge in [-0.2, -0.15) is 0 Å². The number of nitrogens with zero attached hydrogens (tertiary/aromatic N) is 2. The molecule has 0 bridgehead atoms. The number of carbonyl (C=O) groups is 1. The molecule has 5 nitrogen and oxygen atoms in total. The molecule has 0 fully saturated rings. The summed E-state index contributed by atoms with van der Waals surface area (Å²) < 4.78 is 0. The van der Waals surface area contributed by atoms with Crippen molar-refractivity contribution in [3.05, 3.63) is 35.7 Å². The van der Waals surface area contributed by atoms with Crippen LogP contribution < -0.4 is 5.32 Å². The van der Waals surface area contributed by atoms with Crippen LogP contribution in [-0.2, 0) is 4.79 Å². The lowest BCUT2D eigenvalue weighted by atomic mass is 10.1. The minimum absolute atomic E-state index is 0.0466. The number of nitrogens with one attached hydrogen (secondary N) is 2. The van der Waals surface area contributed by atoms with Gasteiger partial charge in [0.05, 0.1) is 17.1 Å². The van der Waals surface area contributed by atoms with Crippen LogP contribution in [0.3, 0.4) is 0 Å². The first-order valence-electron chi connectivity index (χ1n) is 8.44. The fourth-order valence-electron chi connectivity index (χ4n) is 2.62. The van der Waals surface area contributed by atoms with Crippen LogP contribution in [0.4, 0.5) is 0 Å². The van der Waals surface area contributed by atoms with E-state index in [2.05, 4.69) is 43.1 Å². The molecule has 0 saturated carbocycles. The van der Waals surface area contributed by atoms with E-state index in [0.717, 1.165) is 35.4 Å². The van der Waals surface area contributed by atoms with Gasteiger partial charge in [-0.05, 0) is 57.8 Å². The third kappa shape index (κ3) is 5.28. The number of benzene rings is 1. The van der Waals surface area contributed by atoms with Crippen LogP contribution in [0.2, 0.25) is 0 Å². The Morgan fingerprint density at radius 3 is 2.75 bits per heavy atom. The number of H-pyrrole nitrogens is 1. The standard InChI is InChI=1S/C19H28N4O/c1-13(2)20-17(10-11-23(4)5)19-21-16-9-8-15(7-6-14(3)24)12-18(16)22-19/h6-9,12-13,17,20H,10-11H2,1-5H3,(H,21,22)/b7-6+/t17-/m1/s1. The monoisotopic (exact) mass is 328 g/mol. The summed E-state index contributed by atoms with van der Waals surface area (Å²) in [6, 6.07) is 6.59. The van der Waals surface area contributed by atoms with Gasteiger partial charge in [-0.1, -0.05) is 26.0 Å². The maximum atomic E-state index is 11.1. The molecule has 0 amide bonds. The summed E-state index contributed by atoms with van der Waals surface area (Å²) in [5.74, 6) is 1.01. The molecule has 24 heavy (non-hydrogen) atoms. The van der Waals surface area contributed by atoms with Crippen molar-refractivity contribution >= 4 is 22.9 Å². The Labute approximate surface area is 144 Å². The van der Waals surface area contributed by atoms with Gasteiger partial charge in [-0.25, -0.2) is 4.98 Å². The van der Waals surface area contributed by atoms with Crippen LogP contribution >= 0.6 is 0 Å². The van der Waals surface area contributed by atoms with Gasteiger partial charge in [0.1, 0.15) is 5.82 Å². The molecular weight excluding hydrogens is 300 g/mol. The van der Waals surface area contributed by atoms with Crippen molar-refractivity contribution in [1.29, 1.82) is 0 Å². The number of aromatic nitrogens is 2. The minimum atomic E-state index is 0.0466. The minimum Gasteiger partial charge on any atom is -0.341 e. The van der Waals surface area contributed by atoms with Crippen molar-refractivity contribution in [2.45, 2.75) is 39.3 Å². The van der Waals surface area contributed by atoms with E-state index in [1.165, 1.54) is 0 Å². The second-order valence-corrected chi connectivity index (χ2v) is 6.81. The largest absolute Gasteiger partial charge is 0.341 e. The van der Waals surface area contributed by atoms with Crippen LogP contribution in [0, 0.1) is 0 Å². The third-order valence-electron chi connectivity index (χ3n) is 3.76. The summed E-state index contributed by atoms with van der Waals surface area (Å²) in [5.41, 5.74) is 2.94. The maximum Gasteiger partial charge on any atom is 0.152 e. The highest BCUT2D eigenvalue weighted by Gasteiger charge is 2.17. The summed E-state index contributed by atoms with van der Waals surface area (Å²) in [4.78, 5) is 21.5.